The molecule has 0 spiro atoms. The molecule has 0 unspecified atom stereocenters. The summed E-state index contributed by atoms with van der Waals surface area (Å²) >= 11 is 5.64. The Bertz CT molecular complexity index is 913. The fourth-order valence-corrected chi connectivity index (χ4v) is 3.64. The predicted molar refractivity (Wildman–Crippen MR) is 110 cm³/mol. The van der Waals surface area contributed by atoms with Crippen LogP contribution in [0.15, 0.2) is 66.7 Å². The lowest BCUT2D eigenvalue weighted by Gasteiger charge is -2.37. The monoisotopic (exact) mass is 365 g/mol. The third kappa shape index (κ3) is 3.48. The van der Waals surface area contributed by atoms with Gasteiger partial charge in [-0.25, -0.2) is 4.39 Å². The predicted octanol–water partition coefficient (Wildman–Crippen LogP) is 4.50. The normalized spacial score (nSPS) is 14.5. The first kappa shape index (κ1) is 16.8. The molecule has 3 aromatic rings. The van der Waals surface area contributed by atoms with Crippen LogP contribution in [-0.4, -0.2) is 36.2 Å². The maximum atomic E-state index is 13.1. The summed E-state index contributed by atoms with van der Waals surface area (Å²) in [7, 11) is 0. The van der Waals surface area contributed by atoms with Crippen molar-refractivity contribution < 1.29 is 4.39 Å². The van der Waals surface area contributed by atoms with Crippen LogP contribution < -0.4 is 10.2 Å². The number of thiocarbonyl (C=S) groups is 1. The molecule has 1 aliphatic rings. The number of benzene rings is 3. The van der Waals surface area contributed by atoms with E-state index in [0.29, 0.717) is 0 Å². The Hall–Kier alpha value is -2.66. The molecular weight excluding hydrogens is 345 g/mol. The third-order valence-corrected chi connectivity index (χ3v) is 5.15. The molecule has 3 aromatic carbocycles. The van der Waals surface area contributed by atoms with E-state index in [2.05, 4.69) is 39.4 Å². The van der Waals surface area contributed by atoms with Crippen molar-refractivity contribution in [3.05, 3.63) is 72.5 Å². The minimum absolute atomic E-state index is 0.201. The first-order valence-corrected chi connectivity index (χ1v) is 9.16. The van der Waals surface area contributed by atoms with Crippen molar-refractivity contribution in [3.8, 4) is 0 Å². The zero-order chi connectivity index (χ0) is 17.9. The van der Waals surface area contributed by atoms with Crippen LogP contribution in [0.5, 0.6) is 0 Å². The highest BCUT2D eigenvalue weighted by Crippen LogP contribution is 2.24. The summed E-state index contributed by atoms with van der Waals surface area (Å²) < 4.78 is 13.1. The van der Waals surface area contributed by atoms with Gasteiger partial charge >= 0.3 is 0 Å². The van der Waals surface area contributed by atoms with Crippen LogP contribution in [0.2, 0.25) is 0 Å². The molecule has 4 rings (SSSR count). The van der Waals surface area contributed by atoms with Gasteiger partial charge in [-0.05, 0) is 47.9 Å². The van der Waals surface area contributed by atoms with Crippen molar-refractivity contribution in [2.45, 2.75) is 0 Å². The Labute approximate surface area is 158 Å². The molecule has 26 heavy (non-hydrogen) atoms. The second-order valence-electron chi connectivity index (χ2n) is 6.41. The number of fused-ring (bicyclic) bond motifs is 1. The highest BCUT2D eigenvalue weighted by molar-refractivity contribution is 7.80. The van der Waals surface area contributed by atoms with Gasteiger partial charge in [0.05, 0.1) is 0 Å². The standard InChI is InChI=1S/C21H20FN3S/c22-17-8-10-18(11-9-17)24-12-14-25(15-13-24)21(26)23-20-7-3-5-16-4-1-2-6-19(16)20/h1-11H,12-15H2,(H,23,26). The number of piperazine rings is 1. The molecule has 1 saturated heterocycles. The van der Waals surface area contributed by atoms with Gasteiger partial charge in [0.25, 0.3) is 0 Å². The lowest BCUT2D eigenvalue weighted by molar-refractivity contribution is 0.391. The van der Waals surface area contributed by atoms with E-state index in [1.165, 1.54) is 22.9 Å². The second kappa shape index (κ2) is 7.30. The molecule has 0 bridgehead atoms. The van der Waals surface area contributed by atoms with Crippen molar-refractivity contribution in [1.82, 2.24) is 4.90 Å². The van der Waals surface area contributed by atoms with E-state index in [1.807, 2.05) is 30.3 Å². The molecule has 1 N–H and O–H groups in total. The van der Waals surface area contributed by atoms with Crippen LogP contribution >= 0.6 is 12.2 Å². The Morgan fingerprint density at radius 3 is 2.31 bits per heavy atom. The molecule has 0 atom stereocenters. The summed E-state index contributed by atoms with van der Waals surface area (Å²) in [5.74, 6) is -0.201. The summed E-state index contributed by atoms with van der Waals surface area (Å²) in [6, 6.07) is 21.2. The molecule has 132 valence electrons. The van der Waals surface area contributed by atoms with Gasteiger partial charge in [0.15, 0.2) is 5.11 Å². The number of nitrogens with zero attached hydrogens (tertiary/aromatic N) is 2. The zero-order valence-corrected chi connectivity index (χ0v) is 15.2. The maximum Gasteiger partial charge on any atom is 0.173 e. The third-order valence-electron chi connectivity index (χ3n) is 4.79. The first-order valence-electron chi connectivity index (χ1n) is 8.75. The van der Waals surface area contributed by atoms with Gasteiger partial charge in [-0.3, -0.25) is 0 Å². The minimum Gasteiger partial charge on any atom is -0.368 e. The number of halogens is 1. The summed E-state index contributed by atoms with van der Waals surface area (Å²) in [5, 5.41) is 6.52. The fraction of sp³-hybridized carbons (Fsp3) is 0.190. The largest absolute Gasteiger partial charge is 0.368 e. The summed E-state index contributed by atoms with van der Waals surface area (Å²) in [6.07, 6.45) is 0. The average molecular weight is 365 g/mol. The van der Waals surface area contributed by atoms with Gasteiger partial charge in [-0.15, -0.1) is 0 Å². The molecule has 0 aliphatic carbocycles. The van der Waals surface area contributed by atoms with Crippen LogP contribution in [0.1, 0.15) is 0 Å². The van der Waals surface area contributed by atoms with Gasteiger partial charge in [0.2, 0.25) is 0 Å². The minimum atomic E-state index is -0.201. The van der Waals surface area contributed by atoms with Crippen LogP contribution in [0.4, 0.5) is 15.8 Å². The Morgan fingerprint density at radius 2 is 1.54 bits per heavy atom. The van der Waals surface area contributed by atoms with Gasteiger partial charge < -0.3 is 15.1 Å². The van der Waals surface area contributed by atoms with E-state index < -0.39 is 0 Å². The highest BCUT2D eigenvalue weighted by Gasteiger charge is 2.19. The quantitative estimate of drug-likeness (QED) is 0.674. The second-order valence-corrected chi connectivity index (χ2v) is 6.79. The Kier molecular flexibility index (Phi) is 4.71. The van der Waals surface area contributed by atoms with E-state index in [-0.39, 0.29) is 5.82 Å². The molecule has 0 amide bonds. The van der Waals surface area contributed by atoms with Gasteiger partial charge in [-0.2, -0.15) is 0 Å². The topological polar surface area (TPSA) is 18.5 Å². The molecule has 1 fully saturated rings. The smallest absolute Gasteiger partial charge is 0.173 e. The Balaban J connectivity index is 1.41. The van der Waals surface area contributed by atoms with Crippen LogP contribution in [0, 0.1) is 5.82 Å². The van der Waals surface area contributed by atoms with E-state index in [9.17, 15) is 4.39 Å². The lowest BCUT2D eigenvalue weighted by atomic mass is 10.1. The SMILES string of the molecule is Fc1ccc(N2CCN(C(=S)Nc3cccc4ccccc34)CC2)cc1. The molecular formula is C21H20FN3S. The number of nitrogens with one attached hydrogen (secondary N) is 1. The lowest BCUT2D eigenvalue weighted by Crippen LogP contribution is -2.50. The van der Waals surface area contributed by atoms with Crippen LogP contribution in [0.3, 0.4) is 0 Å². The van der Waals surface area contributed by atoms with Crippen LogP contribution in [-0.2, 0) is 0 Å². The van der Waals surface area contributed by atoms with Gasteiger partial charge in [-0.1, -0.05) is 36.4 Å². The van der Waals surface area contributed by atoms with E-state index in [0.717, 1.165) is 42.7 Å². The van der Waals surface area contributed by atoms with Gasteiger partial charge in [0.1, 0.15) is 5.82 Å². The zero-order valence-electron chi connectivity index (χ0n) is 14.4. The van der Waals surface area contributed by atoms with Crippen molar-refractivity contribution >= 4 is 39.5 Å². The molecule has 1 aliphatic heterocycles. The molecule has 0 aromatic heterocycles. The molecule has 5 heteroatoms. The first-order chi connectivity index (χ1) is 12.7. The average Bonchev–Trinajstić information content (AvgIpc) is 2.69. The molecule has 0 radical (unpaired) electrons. The maximum absolute atomic E-state index is 13.1. The molecule has 3 nitrogen and oxygen atoms in total. The number of hydrogen-bond acceptors (Lipinski definition) is 2. The summed E-state index contributed by atoms with van der Waals surface area (Å²) in [4.78, 5) is 4.45. The van der Waals surface area contributed by atoms with E-state index >= 15 is 0 Å². The van der Waals surface area contributed by atoms with Crippen molar-refractivity contribution in [1.29, 1.82) is 0 Å². The molecule has 0 saturated carbocycles. The number of hydrogen-bond donors (Lipinski definition) is 1. The fourth-order valence-electron chi connectivity index (χ4n) is 3.35. The van der Waals surface area contributed by atoms with E-state index in [4.69, 9.17) is 12.2 Å². The highest BCUT2D eigenvalue weighted by atomic mass is 32.1. The van der Waals surface area contributed by atoms with E-state index in [1.54, 1.807) is 0 Å². The Morgan fingerprint density at radius 1 is 0.846 bits per heavy atom. The number of rotatable bonds is 2. The van der Waals surface area contributed by atoms with Crippen molar-refractivity contribution in [2.24, 2.45) is 0 Å². The summed E-state index contributed by atoms with van der Waals surface area (Å²) in [5.41, 5.74) is 2.09. The van der Waals surface area contributed by atoms with Crippen molar-refractivity contribution in [2.75, 3.05) is 36.4 Å². The van der Waals surface area contributed by atoms with Crippen LogP contribution in [0.25, 0.3) is 10.8 Å². The molecule has 1 heterocycles. The summed E-state index contributed by atoms with van der Waals surface area (Å²) in [6.45, 7) is 3.41. The van der Waals surface area contributed by atoms with Crippen molar-refractivity contribution in [3.63, 3.8) is 0 Å². The number of anilines is 2. The van der Waals surface area contributed by atoms with Gasteiger partial charge in [0, 0.05) is 42.9 Å².